The van der Waals surface area contributed by atoms with Crippen molar-refractivity contribution >= 4 is 35.6 Å². The van der Waals surface area contributed by atoms with Crippen LogP contribution >= 0.6 is 23.6 Å². The number of hydrogen-bond donors (Lipinski definition) is 0. The van der Waals surface area contributed by atoms with Crippen molar-refractivity contribution in [2.45, 2.75) is 13.0 Å². The fourth-order valence-corrected chi connectivity index (χ4v) is 2.36. The van der Waals surface area contributed by atoms with Gasteiger partial charge >= 0.3 is 11.9 Å². The first-order valence-electron chi connectivity index (χ1n) is 7.54. The maximum Gasteiger partial charge on any atom is 0.359 e. The third kappa shape index (κ3) is 6.61. The fourth-order valence-electron chi connectivity index (χ4n) is 1.69. The van der Waals surface area contributed by atoms with Crippen molar-refractivity contribution in [3.8, 4) is 17.4 Å². The summed E-state index contributed by atoms with van der Waals surface area (Å²) in [5, 5.41) is 0.161. The zero-order chi connectivity index (χ0) is 19.8. The van der Waals surface area contributed by atoms with Gasteiger partial charge in [-0.15, -0.1) is 0 Å². The first kappa shape index (κ1) is 20.8. The van der Waals surface area contributed by atoms with E-state index in [1.165, 1.54) is 44.5 Å². The SMILES string of the molecule is COC(=O)CSOC(=O)[C@@H](C)Oc1ccc(Oc2ncc(Cl)cc2F)cc1. The first-order valence-corrected chi connectivity index (χ1v) is 8.83. The number of halogens is 2. The van der Waals surface area contributed by atoms with E-state index in [2.05, 4.69) is 9.72 Å². The normalized spacial score (nSPS) is 11.4. The van der Waals surface area contributed by atoms with Crippen molar-refractivity contribution < 1.29 is 32.4 Å². The molecule has 2 rings (SSSR count). The van der Waals surface area contributed by atoms with Crippen molar-refractivity contribution in [1.29, 1.82) is 0 Å². The standard InChI is InChI=1S/C17H15ClFNO6S/c1-10(17(22)26-27-9-15(21)23-2)24-12-3-5-13(6-4-12)25-16-14(19)7-11(18)8-20-16/h3-8,10H,9H2,1-2H3/t10-/m1/s1. The maximum atomic E-state index is 13.7. The lowest BCUT2D eigenvalue weighted by Crippen LogP contribution is -2.24. The minimum atomic E-state index is -0.905. The number of aromatic nitrogens is 1. The van der Waals surface area contributed by atoms with Crippen LogP contribution in [0.1, 0.15) is 6.92 Å². The molecule has 0 aliphatic rings. The Balaban J connectivity index is 1.87. The minimum Gasteiger partial charge on any atom is -0.479 e. The van der Waals surface area contributed by atoms with Gasteiger partial charge in [-0.05, 0) is 37.3 Å². The van der Waals surface area contributed by atoms with E-state index < -0.39 is 23.9 Å². The number of pyridine rings is 1. The molecule has 2 aromatic rings. The van der Waals surface area contributed by atoms with Crippen LogP contribution in [0.25, 0.3) is 0 Å². The Hall–Kier alpha value is -2.52. The molecule has 1 atom stereocenters. The highest BCUT2D eigenvalue weighted by molar-refractivity contribution is 7.95. The second-order valence-corrected chi connectivity index (χ2v) is 6.14. The van der Waals surface area contributed by atoms with Crippen LogP contribution < -0.4 is 9.47 Å². The Morgan fingerprint density at radius 1 is 1.26 bits per heavy atom. The Morgan fingerprint density at radius 3 is 2.56 bits per heavy atom. The number of methoxy groups -OCH3 is 1. The average Bonchev–Trinajstić information content (AvgIpc) is 2.65. The summed E-state index contributed by atoms with van der Waals surface area (Å²) in [5.74, 6) is -1.50. The predicted molar refractivity (Wildman–Crippen MR) is 96.4 cm³/mol. The van der Waals surface area contributed by atoms with E-state index in [0.29, 0.717) is 23.5 Å². The number of carbonyl (C=O) groups excluding carboxylic acids is 2. The molecule has 0 aliphatic heterocycles. The lowest BCUT2D eigenvalue weighted by Gasteiger charge is -2.13. The van der Waals surface area contributed by atoms with Crippen LogP contribution in [0.2, 0.25) is 5.02 Å². The molecule has 0 N–H and O–H groups in total. The van der Waals surface area contributed by atoms with Gasteiger partial charge in [0.05, 0.1) is 24.2 Å². The predicted octanol–water partition coefficient (Wildman–Crippen LogP) is 3.80. The van der Waals surface area contributed by atoms with Gasteiger partial charge in [0.2, 0.25) is 0 Å². The molecule has 144 valence electrons. The summed E-state index contributed by atoms with van der Waals surface area (Å²) < 4.78 is 33.7. The van der Waals surface area contributed by atoms with Gasteiger partial charge in [0.25, 0.3) is 5.88 Å². The van der Waals surface area contributed by atoms with E-state index in [0.717, 1.165) is 6.07 Å². The van der Waals surface area contributed by atoms with Gasteiger partial charge in [-0.2, -0.15) is 0 Å². The zero-order valence-corrected chi connectivity index (χ0v) is 15.9. The van der Waals surface area contributed by atoms with Gasteiger partial charge in [-0.1, -0.05) is 11.6 Å². The second kappa shape index (κ2) is 9.98. The second-order valence-electron chi connectivity index (χ2n) is 5.01. The summed E-state index contributed by atoms with van der Waals surface area (Å²) in [6.45, 7) is 1.50. The number of ether oxygens (including phenoxy) is 3. The van der Waals surface area contributed by atoms with Crippen molar-refractivity contribution in [3.63, 3.8) is 0 Å². The summed E-state index contributed by atoms with van der Waals surface area (Å²) in [6.07, 6.45) is 0.362. The Bertz CT molecular complexity index is 805. The first-order chi connectivity index (χ1) is 12.9. The molecule has 0 radical (unpaired) electrons. The summed E-state index contributed by atoms with van der Waals surface area (Å²) in [5.41, 5.74) is 0. The molecule has 27 heavy (non-hydrogen) atoms. The third-order valence-corrected chi connectivity index (χ3v) is 3.84. The average molecular weight is 416 g/mol. The van der Waals surface area contributed by atoms with Crippen LogP contribution in [0.3, 0.4) is 0 Å². The van der Waals surface area contributed by atoms with E-state index in [-0.39, 0.29) is 16.7 Å². The van der Waals surface area contributed by atoms with Crippen molar-refractivity contribution in [2.24, 2.45) is 0 Å². The van der Waals surface area contributed by atoms with Crippen LogP contribution in [0.15, 0.2) is 36.5 Å². The van der Waals surface area contributed by atoms with Crippen molar-refractivity contribution in [3.05, 3.63) is 47.4 Å². The summed E-state index contributed by atoms with van der Waals surface area (Å²) in [6, 6.07) is 7.21. The van der Waals surface area contributed by atoms with Crippen LogP contribution in [0.5, 0.6) is 17.4 Å². The number of hydrogen-bond acceptors (Lipinski definition) is 8. The van der Waals surface area contributed by atoms with Gasteiger partial charge in [0.15, 0.2) is 11.9 Å². The van der Waals surface area contributed by atoms with Gasteiger partial charge in [0, 0.05) is 6.20 Å². The van der Waals surface area contributed by atoms with Crippen LogP contribution in [0.4, 0.5) is 4.39 Å². The van der Waals surface area contributed by atoms with Crippen LogP contribution in [-0.2, 0) is 18.5 Å². The molecule has 0 amide bonds. The molecule has 0 fully saturated rings. The zero-order valence-electron chi connectivity index (χ0n) is 14.3. The highest BCUT2D eigenvalue weighted by Crippen LogP contribution is 2.26. The maximum absolute atomic E-state index is 13.7. The van der Waals surface area contributed by atoms with E-state index >= 15 is 0 Å². The number of nitrogens with zero attached hydrogens (tertiary/aromatic N) is 1. The molecule has 0 aliphatic carbocycles. The molecule has 1 aromatic carbocycles. The fraction of sp³-hybridized carbons (Fsp3) is 0.235. The number of esters is 1. The third-order valence-electron chi connectivity index (χ3n) is 3.00. The topological polar surface area (TPSA) is 84.0 Å². The largest absolute Gasteiger partial charge is 0.479 e. The van der Waals surface area contributed by atoms with Crippen LogP contribution in [0, 0.1) is 5.82 Å². The molecule has 0 spiro atoms. The van der Waals surface area contributed by atoms with Crippen molar-refractivity contribution in [2.75, 3.05) is 12.9 Å². The number of benzene rings is 1. The molecule has 0 unspecified atom stereocenters. The van der Waals surface area contributed by atoms with E-state index in [1.807, 2.05) is 0 Å². The minimum absolute atomic E-state index is 0.115. The van der Waals surface area contributed by atoms with Gasteiger partial charge in [-0.25, -0.2) is 14.2 Å². The lowest BCUT2D eigenvalue weighted by molar-refractivity contribution is -0.140. The summed E-state index contributed by atoms with van der Waals surface area (Å²) in [7, 11) is 1.24. The smallest absolute Gasteiger partial charge is 0.359 e. The van der Waals surface area contributed by atoms with Gasteiger partial charge < -0.3 is 18.4 Å². The van der Waals surface area contributed by atoms with Crippen LogP contribution in [-0.4, -0.2) is 35.9 Å². The highest BCUT2D eigenvalue weighted by atomic mass is 35.5. The number of rotatable bonds is 8. The molecule has 7 nitrogen and oxygen atoms in total. The van der Waals surface area contributed by atoms with Crippen molar-refractivity contribution in [1.82, 2.24) is 4.98 Å². The summed E-state index contributed by atoms with van der Waals surface area (Å²) >= 11 is 6.30. The molecule has 1 heterocycles. The Morgan fingerprint density at radius 2 is 1.93 bits per heavy atom. The summed E-state index contributed by atoms with van der Waals surface area (Å²) in [4.78, 5) is 26.5. The Kier molecular flexibility index (Phi) is 7.68. The molecule has 1 aromatic heterocycles. The molecule has 10 heteroatoms. The van der Waals surface area contributed by atoms with E-state index in [4.69, 9.17) is 25.3 Å². The molecule has 0 bridgehead atoms. The number of carbonyl (C=O) groups is 2. The molecule has 0 saturated heterocycles. The highest BCUT2D eigenvalue weighted by Gasteiger charge is 2.18. The molecule has 0 saturated carbocycles. The Labute approximate surface area is 163 Å². The quantitative estimate of drug-likeness (QED) is 0.475. The van der Waals surface area contributed by atoms with E-state index in [9.17, 15) is 14.0 Å². The molecular formula is C17H15ClFNO6S. The lowest BCUT2D eigenvalue weighted by atomic mass is 10.3. The van der Waals surface area contributed by atoms with Gasteiger partial charge in [-0.3, -0.25) is 4.79 Å². The monoisotopic (exact) mass is 415 g/mol. The molecular weight excluding hydrogens is 401 g/mol. The van der Waals surface area contributed by atoms with E-state index in [1.54, 1.807) is 0 Å². The van der Waals surface area contributed by atoms with Gasteiger partial charge in [0.1, 0.15) is 17.3 Å².